The molecule has 0 unspecified atom stereocenters. The molecule has 0 saturated carbocycles. The molecule has 0 aliphatic heterocycles. The highest BCUT2D eigenvalue weighted by Crippen LogP contribution is 2.10. The number of aliphatic hydroxyl groups is 1. The van der Waals surface area contributed by atoms with Gasteiger partial charge in [-0.05, 0) is 12.5 Å². The van der Waals surface area contributed by atoms with E-state index in [1.54, 1.807) is 22.9 Å². The second kappa shape index (κ2) is 7.90. The van der Waals surface area contributed by atoms with E-state index in [4.69, 9.17) is 15.9 Å². The van der Waals surface area contributed by atoms with Crippen LogP contribution in [0.3, 0.4) is 0 Å². The molecule has 0 amide bonds. The highest BCUT2D eigenvalue weighted by Gasteiger charge is 2.07. The van der Waals surface area contributed by atoms with Crippen LogP contribution in [0.15, 0.2) is 30.9 Å². The average Bonchev–Trinajstić information content (AvgIpc) is 2.90. The van der Waals surface area contributed by atoms with Gasteiger partial charge in [-0.1, -0.05) is 13.3 Å². The number of aromatic nitrogens is 3. The normalized spacial score (nSPS) is 9.70. The van der Waals surface area contributed by atoms with Crippen molar-refractivity contribution in [3.8, 4) is 5.69 Å². The van der Waals surface area contributed by atoms with E-state index in [0.717, 1.165) is 18.5 Å². The van der Waals surface area contributed by atoms with E-state index >= 15 is 0 Å². The molecule has 0 radical (unpaired) electrons. The Hall–Kier alpha value is -2.41. The van der Waals surface area contributed by atoms with Crippen LogP contribution >= 0.6 is 0 Å². The zero-order valence-electron chi connectivity index (χ0n) is 11.2. The summed E-state index contributed by atoms with van der Waals surface area (Å²) in [6.07, 6.45) is 6.41. The van der Waals surface area contributed by atoms with Crippen molar-refractivity contribution in [2.24, 2.45) is 0 Å². The molecule has 0 aliphatic rings. The third kappa shape index (κ3) is 4.69. The lowest BCUT2D eigenvalue weighted by Gasteiger charge is -2.00. The SMILES string of the molecule is CCCCO.Nc1cc(-n2cnc(C(=O)O)c2)ccn1. The number of carbonyl (C=O) groups is 1. The number of carboxylic acids is 1. The summed E-state index contributed by atoms with van der Waals surface area (Å²) in [5.41, 5.74) is 6.22. The number of carboxylic acid groups (broad SMARTS) is 1. The summed E-state index contributed by atoms with van der Waals surface area (Å²) in [7, 11) is 0. The number of pyridine rings is 1. The molecule has 0 bridgehead atoms. The average molecular weight is 278 g/mol. The van der Waals surface area contributed by atoms with E-state index in [1.165, 1.54) is 12.5 Å². The van der Waals surface area contributed by atoms with Crippen molar-refractivity contribution in [1.29, 1.82) is 0 Å². The molecule has 0 aliphatic carbocycles. The van der Waals surface area contributed by atoms with E-state index in [0.29, 0.717) is 12.4 Å². The van der Waals surface area contributed by atoms with E-state index in [9.17, 15) is 4.79 Å². The number of hydrogen-bond donors (Lipinski definition) is 3. The summed E-state index contributed by atoms with van der Waals surface area (Å²) in [6.45, 7) is 2.40. The number of anilines is 1. The molecule has 0 aromatic carbocycles. The van der Waals surface area contributed by atoms with Crippen LogP contribution in [0.1, 0.15) is 30.3 Å². The van der Waals surface area contributed by atoms with Crippen LogP contribution < -0.4 is 5.73 Å². The summed E-state index contributed by atoms with van der Waals surface area (Å²) in [5, 5.41) is 16.8. The van der Waals surface area contributed by atoms with E-state index in [1.807, 2.05) is 0 Å². The van der Waals surface area contributed by atoms with Gasteiger partial charge in [-0.3, -0.25) is 0 Å². The first kappa shape index (κ1) is 15.6. The second-order valence-electron chi connectivity index (χ2n) is 3.99. The van der Waals surface area contributed by atoms with Gasteiger partial charge in [0.2, 0.25) is 0 Å². The van der Waals surface area contributed by atoms with Gasteiger partial charge in [-0.15, -0.1) is 0 Å². The molecule has 0 saturated heterocycles. The fraction of sp³-hybridized carbons (Fsp3) is 0.308. The number of hydrogen-bond acceptors (Lipinski definition) is 5. The topological polar surface area (TPSA) is 114 Å². The third-order valence-electron chi connectivity index (χ3n) is 2.38. The molecule has 0 fully saturated rings. The predicted octanol–water partition coefficient (Wildman–Crippen LogP) is 1.33. The molecule has 0 spiro atoms. The first-order chi connectivity index (χ1) is 9.58. The van der Waals surface area contributed by atoms with Crippen molar-refractivity contribution in [2.75, 3.05) is 12.3 Å². The Morgan fingerprint density at radius 2 is 2.20 bits per heavy atom. The highest BCUT2D eigenvalue weighted by atomic mass is 16.4. The molecule has 2 aromatic heterocycles. The molecule has 4 N–H and O–H groups in total. The van der Waals surface area contributed by atoms with Crippen LogP contribution in [0.4, 0.5) is 5.82 Å². The van der Waals surface area contributed by atoms with E-state index < -0.39 is 5.97 Å². The van der Waals surface area contributed by atoms with Gasteiger partial charge >= 0.3 is 5.97 Å². The largest absolute Gasteiger partial charge is 0.476 e. The Morgan fingerprint density at radius 1 is 1.45 bits per heavy atom. The van der Waals surface area contributed by atoms with E-state index in [-0.39, 0.29) is 5.69 Å². The van der Waals surface area contributed by atoms with Gasteiger partial charge < -0.3 is 20.5 Å². The molecule has 2 aromatic rings. The van der Waals surface area contributed by atoms with Crippen LogP contribution in [0.25, 0.3) is 5.69 Å². The molecular weight excluding hydrogens is 260 g/mol. The van der Waals surface area contributed by atoms with Gasteiger partial charge in [0.1, 0.15) is 12.1 Å². The highest BCUT2D eigenvalue weighted by molar-refractivity contribution is 5.85. The molecule has 20 heavy (non-hydrogen) atoms. The summed E-state index contributed by atoms with van der Waals surface area (Å²) >= 11 is 0. The minimum Gasteiger partial charge on any atom is -0.476 e. The molecule has 108 valence electrons. The number of aliphatic hydroxyl groups excluding tert-OH is 1. The predicted molar refractivity (Wildman–Crippen MR) is 74.7 cm³/mol. The first-order valence-electron chi connectivity index (χ1n) is 6.18. The lowest BCUT2D eigenvalue weighted by molar-refractivity contribution is 0.0691. The fourth-order valence-electron chi connectivity index (χ4n) is 1.33. The second-order valence-corrected chi connectivity index (χ2v) is 3.99. The van der Waals surface area contributed by atoms with Gasteiger partial charge in [0.15, 0.2) is 5.69 Å². The Kier molecular flexibility index (Phi) is 6.18. The van der Waals surface area contributed by atoms with Crippen LogP contribution in [0.5, 0.6) is 0 Å². The van der Waals surface area contributed by atoms with Crippen molar-refractivity contribution in [2.45, 2.75) is 19.8 Å². The van der Waals surface area contributed by atoms with Crippen molar-refractivity contribution < 1.29 is 15.0 Å². The molecular formula is C13H18N4O3. The smallest absolute Gasteiger partial charge is 0.356 e. The monoisotopic (exact) mass is 278 g/mol. The lowest BCUT2D eigenvalue weighted by atomic mass is 10.4. The molecule has 2 rings (SSSR count). The van der Waals surface area contributed by atoms with Crippen LogP contribution in [0.2, 0.25) is 0 Å². The number of aromatic carboxylic acids is 1. The van der Waals surface area contributed by atoms with E-state index in [2.05, 4.69) is 16.9 Å². The van der Waals surface area contributed by atoms with Gasteiger partial charge in [-0.25, -0.2) is 14.8 Å². The lowest BCUT2D eigenvalue weighted by Crippen LogP contribution is -1.97. The third-order valence-corrected chi connectivity index (χ3v) is 2.38. The number of nitrogen functional groups attached to an aromatic ring is 1. The number of nitrogens with zero attached hydrogens (tertiary/aromatic N) is 3. The molecule has 7 nitrogen and oxygen atoms in total. The maximum atomic E-state index is 10.6. The standard InChI is InChI=1S/C9H8N4O2.C4H10O/c10-8-3-6(1-2-11-8)13-4-7(9(14)15)12-5-13;1-2-3-4-5/h1-5H,(H2,10,11)(H,14,15);5H,2-4H2,1H3. The Labute approximate surface area is 116 Å². The summed E-state index contributed by atoms with van der Waals surface area (Å²) in [6, 6.07) is 3.34. The number of unbranched alkanes of at least 4 members (excludes halogenated alkanes) is 1. The summed E-state index contributed by atoms with van der Waals surface area (Å²) in [4.78, 5) is 18.2. The van der Waals surface area contributed by atoms with Crippen LogP contribution in [-0.2, 0) is 0 Å². The maximum Gasteiger partial charge on any atom is 0.356 e. The number of imidazole rings is 1. The van der Waals surface area contributed by atoms with Gasteiger partial charge in [0.25, 0.3) is 0 Å². The molecule has 2 heterocycles. The van der Waals surface area contributed by atoms with Gasteiger partial charge in [-0.2, -0.15) is 0 Å². The Balaban J connectivity index is 0.000000347. The van der Waals surface area contributed by atoms with Crippen molar-refractivity contribution in [1.82, 2.24) is 14.5 Å². The quantitative estimate of drug-likeness (QED) is 0.777. The minimum absolute atomic E-state index is 0.00890. The first-order valence-corrected chi connectivity index (χ1v) is 6.18. The van der Waals surface area contributed by atoms with Crippen LogP contribution in [0, 0.1) is 0 Å². The maximum absolute atomic E-state index is 10.6. The summed E-state index contributed by atoms with van der Waals surface area (Å²) in [5.74, 6) is -0.686. The number of nitrogens with two attached hydrogens (primary N) is 1. The van der Waals surface area contributed by atoms with Crippen LogP contribution in [-0.4, -0.2) is 37.3 Å². The van der Waals surface area contributed by atoms with Crippen molar-refractivity contribution in [3.63, 3.8) is 0 Å². The van der Waals surface area contributed by atoms with Gasteiger partial charge in [0, 0.05) is 25.1 Å². The number of rotatable bonds is 4. The van der Waals surface area contributed by atoms with Gasteiger partial charge in [0.05, 0.1) is 5.69 Å². The molecule has 0 atom stereocenters. The fourth-order valence-corrected chi connectivity index (χ4v) is 1.33. The molecule has 7 heteroatoms. The Bertz CT molecular complexity index is 552. The zero-order valence-corrected chi connectivity index (χ0v) is 11.2. The summed E-state index contributed by atoms with van der Waals surface area (Å²) < 4.78 is 1.57. The van der Waals surface area contributed by atoms with Crippen molar-refractivity contribution >= 4 is 11.8 Å². The Morgan fingerprint density at radius 3 is 2.65 bits per heavy atom. The minimum atomic E-state index is -1.06. The van der Waals surface area contributed by atoms with Crippen molar-refractivity contribution in [3.05, 3.63) is 36.5 Å². The zero-order chi connectivity index (χ0) is 15.0.